The third-order valence-corrected chi connectivity index (χ3v) is 1.84. The van der Waals surface area contributed by atoms with Crippen LogP contribution < -0.4 is 10.5 Å². The molecule has 1 aromatic rings. The molecule has 5 nitrogen and oxygen atoms in total. The zero-order chi connectivity index (χ0) is 12.1. The lowest BCUT2D eigenvalue weighted by Gasteiger charge is -2.09. The SMILES string of the molecule is C=COc1cc(N)c(C(=O)OCC)cc1O. The van der Waals surface area contributed by atoms with Crippen molar-refractivity contribution in [3.63, 3.8) is 0 Å². The summed E-state index contributed by atoms with van der Waals surface area (Å²) in [6.07, 6.45) is 1.15. The number of phenols is 1. The lowest BCUT2D eigenvalue weighted by atomic mass is 10.1. The van der Waals surface area contributed by atoms with E-state index in [0.29, 0.717) is 0 Å². The first-order valence-electron chi connectivity index (χ1n) is 4.67. The van der Waals surface area contributed by atoms with Crippen LogP contribution >= 0.6 is 0 Å². The van der Waals surface area contributed by atoms with Gasteiger partial charge in [-0.3, -0.25) is 0 Å². The van der Waals surface area contributed by atoms with Crippen molar-refractivity contribution in [1.29, 1.82) is 0 Å². The second-order valence-electron chi connectivity index (χ2n) is 2.91. The maximum atomic E-state index is 11.4. The number of benzene rings is 1. The van der Waals surface area contributed by atoms with E-state index in [1.165, 1.54) is 12.1 Å². The summed E-state index contributed by atoms with van der Waals surface area (Å²) in [7, 11) is 0. The third kappa shape index (κ3) is 2.44. The zero-order valence-electron chi connectivity index (χ0n) is 8.90. The minimum absolute atomic E-state index is 0.107. The van der Waals surface area contributed by atoms with Crippen molar-refractivity contribution >= 4 is 11.7 Å². The van der Waals surface area contributed by atoms with Gasteiger partial charge in [0.05, 0.1) is 24.1 Å². The lowest BCUT2D eigenvalue weighted by molar-refractivity contribution is 0.0527. The molecule has 3 N–H and O–H groups in total. The van der Waals surface area contributed by atoms with E-state index < -0.39 is 5.97 Å². The Morgan fingerprint density at radius 3 is 2.88 bits per heavy atom. The predicted molar refractivity (Wildman–Crippen MR) is 59.3 cm³/mol. The van der Waals surface area contributed by atoms with E-state index in [1.54, 1.807) is 6.92 Å². The van der Waals surface area contributed by atoms with E-state index in [-0.39, 0.29) is 29.4 Å². The molecule has 1 aromatic carbocycles. The van der Waals surface area contributed by atoms with Crippen LogP contribution in [0.1, 0.15) is 17.3 Å². The molecule has 0 fully saturated rings. The second-order valence-corrected chi connectivity index (χ2v) is 2.91. The predicted octanol–water partition coefficient (Wildman–Crippen LogP) is 1.67. The minimum atomic E-state index is -0.583. The molecule has 0 bridgehead atoms. The van der Waals surface area contributed by atoms with Gasteiger partial charge in [-0.15, -0.1) is 0 Å². The highest BCUT2D eigenvalue weighted by Gasteiger charge is 2.15. The van der Waals surface area contributed by atoms with Gasteiger partial charge in [0.2, 0.25) is 0 Å². The molecule has 0 aliphatic carbocycles. The van der Waals surface area contributed by atoms with Crippen molar-refractivity contribution in [1.82, 2.24) is 0 Å². The Hall–Kier alpha value is -2.17. The molecule has 0 heterocycles. The molecular weight excluding hydrogens is 210 g/mol. The Morgan fingerprint density at radius 1 is 1.62 bits per heavy atom. The Kier molecular flexibility index (Phi) is 3.77. The van der Waals surface area contributed by atoms with Gasteiger partial charge in [0, 0.05) is 12.1 Å². The number of hydrogen-bond donors (Lipinski definition) is 2. The van der Waals surface area contributed by atoms with E-state index in [2.05, 4.69) is 6.58 Å². The van der Waals surface area contributed by atoms with Gasteiger partial charge in [0.25, 0.3) is 0 Å². The Morgan fingerprint density at radius 2 is 2.31 bits per heavy atom. The molecule has 0 saturated heterocycles. The summed E-state index contributed by atoms with van der Waals surface area (Å²) in [5.74, 6) is -0.641. The third-order valence-electron chi connectivity index (χ3n) is 1.84. The molecule has 0 atom stereocenters. The van der Waals surface area contributed by atoms with Crippen LogP contribution in [0.5, 0.6) is 11.5 Å². The van der Waals surface area contributed by atoms with E-state index in [9.17, 15) is 9.90 Å². The number of aromatic hydroxyl groups is 1. The smallest absolute Gasteiger partial charge is 0.340 e. The summed E-state index contributed by atoms with van der Waals surface area (Å²) >= 11 is 0. The average Bonchev–Trinajstić information content (AvgIpc) is 2.23. The van der Waals surface area contributed by atoms with Crippen LogP contribution in [0.25, 0.3) is 0 Å². The average molecular weight is 223 g/mol. The topological polar surface area (TPSA) is 81.8 Å². The van der Waals surface area contributed by atoms with Crippen molar-refractivity contribution in [2.75, 3.05) is 12.3 Å². The molecule has 0 radical (unpaired) electrons. The van der Waals surface area contributed by atoms with Gasteiger partial charge < -0.3 is 20.3 Å². The number of carbonyl (C=O) groups is 1. The summed E-state index contributed by atoms with van der Waals surface area (Å²) in [6, 6.07) is 2.54. The van der Waals surface area contributed by atoms with Crippen molar-refractivity contribution in [3.05, 3.63) is 30.5 Å². The number of carbonyl (C=O) groups excluding carboxylic acids is 1. The molecule has 0 aromatic heterocycles. The zero-order valence-corrected chi connectivity index (χ0v) is 8.90. The highest BCUT2D eigenvalue weighted by Crippen LogP contribution is 2.31. The number of anilines is 1. The van der Waals surface area contributed by atoms with Crippen LogP contribution in [0.15, 0.2) is 25.0 Å². The molecule has 5 heteroatoms. The first kappa shape index (κ1) is 11.9. The maximum absolute atomic E-state index is 11.4. The van der Waals surface area contributed by atoms with Gasteiger partial charge in [-0.05, 0) is 6.92 Å². The van der Waals surface area contributed by atoms with Crippen LogP contribution in [0, 0.1) is 0 Å². The van der Waals surface area contributed by atoms with Gasteiger partial charge in [0.1, 0.15) is 0 Å². The van der Waals surface area contributed by atoms with Crippen molar-refractivity contribution in [2.45, 2.75) is 6.92 Å². The number of hydrogen-bond acceptors (Lipinski definition) is 5. The first-order valence-corrected chi connectivity index (χ1v) is 4.67. The first-order chi connectivity index (χ1) is 7.60. The summed E-state index contributed by atoms with van der Waals surface area (Å²) in [4.78, 5) is 11.4. The molecule has 86 valence electrons. The largest absolute Gasteiger partial charge is 0.504 e. The minimum Gasteiger partial charge on any atom is -0.504 e. The van der Waals surface area contributed by atoms with Gasteiger partial charge in [0.15, 0.2) is 11.5 Å². The van der Waals surface area contributed by atoms with Crippen LogP contribution in [-0.2, 0) is 4.74 Å². The molecule has 0 amide bonds. The summed E-state index contributed by atoms with van der Waals surface area (Å²) < 4.78 is 9.67. The summed E-state index contributed by atoms with van der Waals surface area (Å²) in [5.41, 5.74) is 5.91. The van der Waals surface area contributed by atoms with Crippen LogP contribution in [0.4, 0.5) is 5.69 Å². The molecule has 0 aliphatic rings. The number of nitrogens with two attached hydrogens (primary N) is 1. The standard InChI is InChI=1S/C11H13NO4/c1-3-15-10-6-8(12)7(5-9(10)13)11(14)16-4-2/h3,5-6,13H,1,4,12H2,2H3. The maximum Gasteiger partial charge on any atom is 0.340 e. The number of rotatable bonds is 4. The van der Waals surface area contributed by atoms with Crippen molar-refractivity contribution < 1.29 is 19.4 Å². The highest BCUT2D eigenvalue weighted by atomic mass is 16.5. The van der Waals surface area contributed by atoms with E-state index in [4.69, 9.17) is 15.2 Å². The van der Waals surface area contributed by atoms with Gasteiger partial charge >= 0.3 is 5.97 Å². The van der Waals surface area contributed by atoms with Crippen molar-refractivity contribution in [2.24, 2.45) is 0 Å². The van der Waals surface area contributed by atoms with Crippen molar-refractivity contribution in [3.8, 4) is 11.5 Å². The Bertz CT molecular complexity index is 415. The molecule has 0 saturated carbocycles. The van der Waals surface area contributed by atoms with Crippen LogP contribution in [0.2, 0.25) is 0 Å². The summed E-state index contributed by atoms with van der Waals surface area (Å²) in [5, 5.41) is 9.53. The lowest BCUT2D eigenvalue weighted by Crippen LogP contribution is -2.08. The summed E-state index contributed by atoms with van der Waals surface area (Å²) in [6.45, 7) is 5.27. The highest BCUT2D eigenvalue weighted by molar-refractivity contribution is 5.96. The number of phenolic OH excluding ortho intramolecular Hbond substituents is 1. The molecule has 0 spiro atoms. The van der Waals surface area contributed by atoms with Gasteiger partial charge in [-0.1, -0.05) is 6.58 Å². The van der Waals surface area contributed by atoms with E-state index in [1.807, 2.05) is 0 Å². The fraction of sp³-hybridized carbons (Fsp3) is 0.182. The quantitative estimate of drug-likeness (QED) is 0.351. The number of esters is 1. The Labute approximate surface area is 93.1 Å². The number of ether oxygens (including phenoxy) is 2. The normalized spacial score (nSPS) is 9.56. The monoisotopic (exact) mass is 223 g/mol. The molecule has 0 unspecified atom stereocenters. The fourth-order valence-corrected chi connectivity index (χ4v) is 1.15. The molecule has 16 heavy (non-hydrogen) atoms. The molecular formula is C11H13NO4. The Balaban J connectivity index is 3.09. The van der Waals surface area contributed by atoms with E-state index in [0.717, 1.165) is 6.26 Å². The van der Waals surface area contributed by atoms with Crippen LogP contribution in [0.3, 0.4) is 0 Å². The molecule has 1 rings (SSSR count). The fourth-order valence-electron chi connectivity index (χ4n) is 1.15. The van der Waals surface area contributed by atoms with Gasteiger partial charge in [-0.2, -0.15) is 0 Å². The van der Waals surface area contributed by atoms with Gasteiger partial charge in [-0.25, -0.2) is 4.79 Å². The second kappa shape index (κ2) is 5.06. The number of nitrogen functional groups attached to an aromatic ring is 1. The molecule has 0 aliphatic heterocycles. The van der Waals surface area contributed by atoms with E-state index >= 15 is 0 Å². The van der Waals surface area contributed by atoms with Crippen LogP contribution in [-0.4, -0.2) is 17.7 Å².